The Morgan fingerprint density at radius 3 is 3.00 bits per heavy atom. The van der Waals surface area contributed by atoms with E-state index in [1.54, 1.807) is 0 Å². The SMILES string of the molecule is CCCCC1COP(O)O1. The third-order valence-corrected chi connectivity index (χ3v) is 2.34. The van der Waals surface area contributed by atoms with Crippen molar-refractivity contribution in [3.63, 3.8) is 0 Å². The molecule has 2 atom stereocenters. The first kappa shape index (κ1) is 8.41. The first-order valence-corrected chi connectivity index (χ1v) is 4.74. The van der Waals surface area contributed by atoms with Crippen molar-refractivity contribution in [2.45, 2.75) is 32.3 Å². The number of unbranched alkanes of at least 4 members (excludes halogenated alkanes) is 1. The molecule has 1 heterocycles. The van der Waals surface area contributed by atoms with E-state index in [1.807, 2.05) is 0 Å². The molecule has 0 spiro atoms. The van der Waals surface area contributed by atoms with Crippen LogP contribution in [0.5, 0.6) is 0 Å². The fourth-order valence-corrected chi connectivity index (χ4v) is 1.68. The maximum atomic E-state index is 8.82. The molecule has 1 N–H and O–H groups in total. The van der Waals surface area contributed by atoms with E-state index in [4.69, 9.17) is 13.9 Å². The summed E-state index contributed by atoms with van der Waals surface area (Å²) in [7, 11) is -1.52. The minimum atomic E-state index is -1.52. The lowest BCUT2D eigenvalue weighted by molar-refractivity contribution is 0.217. The fraction of sp³-hybridized carbons (Fsp3) is 1.00. The second kappa shape index (κ2) is 4.24. The third kappa shape index (κ3) is 2.51. The zero-order chi connectivity index (χ0) is 7.40. The van der Waals surface area contributed by atoms with Gasteiger partial charge in [-0.3, -0.25) is 0 Å². The van der Waals surface area contributed by atoms with Crippen LogP contribution in [0.25, 0.3) is 0 Å². The standard InChI is InChI=1S/C6H13O3P/c1-2-3-4-6-5-8-10(7)9-6/h6-7H,2-5H2,1H3. The molecule has 0 aromatic rings. The predicted molar refractivity (Wildman–Crippen MR) is 39.5 cm³/mol. The molecule has 3 nitrogen and oxygen atoms in total. The van der Waals surface area contributed by atoms with Crippen molar-refractivity contribution in [1.82, 2.24) is 0 Å². The number of hydrogen-bond acceptors (Lipinski definition) is 3. The Balaban J connectivity index is 2.06. The summed E-state index contributed by atoms with van der Waals surface area (Å²) < 4.78 is 9.92. The van der Waals surface area contributed by atoms with E-state index in [-0.39, 0.29) is 6.10 Å². The molecule has 1 fully saturated rings. The van der Waals surface area contributed by atoms with E-state index < -0.39 is 8.60 Å². The zero-order valence-corrected chi connectivity index (χ0v) is 7.01. The Labute approximate surface area is 62.3 Å². The molecular weight excluding hydrogens is 151 g/mol. The molecule has 1 aliphatic heterocycles. The molecular formula is C6H13O3P. The summed E-state index contributed by atoms with van der Waals surface area (Å²) in [5.74, 6) is 0. The quantitative estimate of drug-likeness (QED) is 0.646. The van der Waals surface area contributed by atoms with E-state index in [0.29, 0.717) is 6.61 Å². The van der Waals surface area contributed by atoms with Crippen LogP contribution in [0.15, 0.2) is 0 Å². The van der Waals surface area contributed by atoms with Crippen LogP contribution in [0.3, 0.4) is 0 Å². The summed E-state index contributed by atoms with van der Waals surface area (Å²) in [5, 5.41) is 0. The van der Waals surface area contributed by atoms with Crippen molar-refractivity contribution in [3.8, 4) is 0 Å². The van der Waals surface area contributed by atoms with E-state index >= 15 is 0 Å². The van der Waals surface area contributed by atoms with Gasteiger partial charge in [0.05, 0.1) is 12.7 Å². The second-order valence-electron chi connectivity index (χ2n) is 2.40. The van der Waals surface area contributed by atoms with Crippen molar-refractivity contribution in [3.05, 3.63) is 0 Å². The van der Waals surface area contributed by atoms with Gasteiger partial charge in [0, 0.05) is 0 Å². The topological polar surface area (TPSA) is 38.7 Å². The lowest BCUT2D eigenvalue weighted by atomic mass is 10.2. The van der Waals surface area contributed by atoms with Crippen LogP contribution in [0.1, 0.15) is 26.2 Å². The van der Waals surface area contributed by atoms with Crippen LogP contribution in [-0.2, 0) is 9.05 Å². The third-order valence-electron chi connectivity index (χ3n) is 1.49. The smallest absolute Gasteiger partial charge is 0.328 e. The summed E-state index contributed by atoms with van der Waals surface area (Å²) in [4.78, 5) is 8.82. The second-order valence-corrected chi connectivity index (χ2v) is 3.35. The van der Waals surface area contributed by atoms with Crippen LogP contribution < -0.4 is 0 Å². The predicted octanol–water partition coefficient (Wildman–Crippen LogP) is 1.81. The molecule has 0 radical (unpaired) electrons. The lowest BCUT2D eigenvalue weighted by Gasteiger charge is -2.04. The summed E-state index contributed by atoms with van der Waals surface area (Å²) in [6.07, 6.45) is 3.48. The molecule has 0 bridgehead atoms. The Kier molecular flexibility index (Phi) is 3.57. The highest BCUT2D eigenvalue weighted by Gasteiger charge is 2.24. The van der Waals surface area contributed by atoms with Gasteiger partial charge in [-0.25, -0.2) is 0 Å². The molecule has 0 aromatic carbocycles. The minimum absolute atomic E-state index is 0.149. The zero-order valence-electron chi connectivity index (χ0n) is 6.12. The van der Waals surface area contributed by atoms with Gasteiger partial charge in [-0.1, -0.05) is 19.8 Å². The maximum Gasteiger partial charge on any atom is 0.330 e. The first-order valence-electron chi connectivity index (χ1n) is 3.61. The van der Waals surface area contributed by atoms with Gasteiger partial charge in [0.25, 0.3) is 0 Å². The van der Waals surface area contributed by atoms with Gasteiger partial charge in [0.2, 0.25) is 0 Å². The van der Waals surface area contributed by atoms with Gasteiger partial charge < -0.3 is 13.9 Å². The van der Waals surface area contributed by atoms with Crippen molar-refractivity contribution in [1.29, 1.82) is 0 Å². The number of rotatable bonds is 3. The molecule has 60 valence electrons. The Morgan fingerprint density at radius 2 is 2.50 bits per heavy atom. The molecule has 1 rings (SSSR count). The van der Waals surface area contributed by atoms with Crippen LogP contribution >= 0.6 is 8.60 Å². The van der Waals surface area contributed by atoms with Crippen LogP contribution in [-0.4, -0.2) is 17.6 Å². The normalized spacial score (nSPS) is 33.0. The highest BCUT2D eigenvalue weighted by Crippen LogP contribution is 2.41. The van der Waals surface area contributed by atoms with Crippen molar-refractivity contribution in [2.75, 3.05) is 6.61 Å². The minimum Gasteiger partial charge on any atom is -0.328 e. The van der Waals surface area contributed by atoms with Gasteiger partial charge >= 0.3 is 8.60 Å². The monoisotopic (exact) mass is 164 g/mol. The highest BCUT2D eigenvalue weighted by atomic mass is 31.2. The molecule has 0 aromatic heterocycles. The first-order chi connectivity index (χ1) is 4.83. The molecule has 2 unspecified atom stereocenters. The average molecular weight is 164 g/mol. The van der Waals surface area contributed by atoms with E-state index in [1.165, 1.54) is 6.42 Å². The lowest BCUT2D eigenvalue weighted by Crippen LogP contribution is -2.07. The summed E-state index contributed by atoms with van der Waals surface area (Å²) >= 11 is 0. The highest BCUT2D eigenvalue weighted by molar-refractivity contribution is 7.40. The van der Waals surface area contributed by atoms with Crippen molar-refractivity contribution >= 4 is 8.60 Å². The Hall–Kier alpha value is 0.310. The molecule has 4 heteroatoms. The van der Waals surface area contributed by atoms with Crippen molar-refractivity contribution in [2.24, 2.45) is 0 Å². The maximum absolute atomic E-state index is 8.82. The Morgan fingerprint density at radius 1 is 1.70 bits per heavy atom. The Bertz CT molecular complexity index is 99.0. The molecule has 1 aliphatic rings. The number of hydrogen-bond donors (Lipinski definition) is 1. The molecule has 0 saturated carbocycles. The van der Waals surface area contributed by atoms with Crippen LogP contribution in [0.4, 0.5) is 0 Å². The van der Waals surface area contributed by atoms with E-state index in [9.17, 15) is 0 Å². The van der Waals surface area contributed by atoms with Gasteiger partial charge in [-0.05, 0) is 6.42 Å². The molecule has 1 saturated heterocycles. The average Bonchev–Trinajstić information content (AvgIpc) is 2.31. The van der Waals surface area contributed by atoms with E-state index in [2.05, 4.69) is 6.92 Å². The van der Waals surface area contributed by atoms with Gasteiger partial charge in [0.15, 0.2) is 0 Å². The van der Waals surface area contributed by atoms with Crippen LogP contribution in [0.2, 0.25) is 0 Å². The fourth-order valence-electron chi connectivity index (χ4n) is 0.903. The summed E-state index contributed by atoms with van der Waals surface area (Å²) in [5.41, 5.74) is 0. The van der Waals surface area contributed by atoms with Gasteiger partial charge in [-0.2, -0.15) is 0 Å². The van der Waals surface area contributed by atoms with Crippen LogP contribution in [0, 0.1) is 0 Å². The van der Waals surface area contributed by atoms with Gasteiger partial charge in [0.1, 0.15) is 0 Å². The molecule has 0 aliphatic carbocycles. The summed E-state index contributed by atoms with van der Waals surface area (Å²) in [6.45, 7) is 2.71. The molecule has 0 amide bonds. The summed E-state index contributed by atoms with van der Waals surface area (Å²) in [6, 6.07) is 0. The van der Waals surface area contributed by atoms with E-state index in [0.717, 1.165) is 12.8 Å². The van der Waals surface area contributed by atoms with Gasteiger partial charge in [-0.15, -0.1) is 0 Å². The largest absolute Gasteiger partial charge is 0.330 e. The van der Waals surface area contributed by atoms with Crippen molar-refractivity contribution < 1.29 is 13.9 Å². The molecule has 10 heavy (non-hydrogen) atoms.